The summed E-state index contributed by atoms with van der Waals surface area (Å²) in [4.78, 5) is 8.61. The van der Waals surface area contributed by atoms with Crippen LogP contribution in [0.25, 0.3) is 0 Å². The minimum absolute atomic E-state index is 0.197. The Kier molecular flexibility index (Phi) is 3.90. The molecule has 0 spiro atoms. The maximum atomic E-state index is 10.4. The Morgan fingerprint density at radius 1 is 1.22 bits per heavy atom. The lowest BCUT2D eigenvalue weighted by Crippen LogP contribution is -2.35. The van der Waals surface area contributed by atoms with E-state index < -0.39 is 6.04 Å². The number of aliphatic hydroxyl groups is 1. The van der Waals surface area contributed by atoms with Crippen molar-refractivity contribution >= 4 is 17.5 Å². The van der Waals surface area contributed by atoms with Gasteiger partial charge in [-0.2, -0.15) is 5.26 Å². The quantitative estimate of drug-likeness (QED) is 0.881. The number of hydrogen-bond acceptors (Lipinski definition) is 6. The molecule has 7 heteroatoms. The fourth-order valence-corrected chi connectivity index (χ4v) is 2.60. The van der Waals surface area contributed by atoms with Crippen LogP contribution in [-0.2, 0) is 0 Å². The van der Waals surface area contributed by atoms with Crippen molar-refractivity contribution < 1.29 is 5.11 Å². The number of nitrogens with one attached hydrogen (secondary N) is 1. The van der Waals surface area contributed by atoms with Crippen LogP contribution in [0.1, 0.15) is 23.0 Å². The molecule has 1 unspecified atom stereocenters. The molecule has 2 heterocycles. The number of anilines is 1. The number of hydrogen-bond donors (Lipinski definition) is 2. The van der Waals surface area contributed by atoms with Crippen molar-refractivity contribution in [1.29, 1.82) is 5.26 Å². The topological polar surface area (TPSA) is 85.1 Å². The SMILES string of the molecule is Cc1cc(C)nc(N2NC(c3ccc(Cl)cc3)C(C#N)=C2O)n1. The third kappa shape index (κ3) is 2.84. The van der Waals surface area contributed by atoms with Crippen molar-refractivity contribution in [1.82, 2.24) is 15.4 Å². The van der Waals surface area contributed by atoms with Crippen LogP contribution < -0.4 is 10.4 Å². The molecule has 0 radical (unpaired) electrons. The predicted molar refractivity (Wildman–Crippen MR) is 86.6 cm³/mol. The van der Waals surface area contributed by atoms with Crippen molar-refractivity contribution in [3.63, 3.8) is 0 Å². The molecule has 2 N–H and O–H groups in total. The van der Waals surface area contributed by atoms with Crippen LogP contribution >= 0.6 is 11.6 Å². The molecule has 1 aliphatic heterocycles. The first-order valence-electron chi connectivity index (χ1n) is 6.97. The lowest BCUT2D eigenvalue weighted by molar-refractivity contribution is 0.385. The van der Waals surface area contributed by atoms with Crippen LogP contribution in [0, 0.1) is 25.2 Å². The largest absolute Gasteiger partial charge is 0.493 e. The van der Waals surface area contributed by atoms with E-state index in [0.717, 1.165) is 17.0 Å². The molecular weight excluding hydrogens is 314 g/mol. The number of aromatic nitrogens is 2. The number of aryl methyl sites for hydroxylation is 2. The van der Waals surface area contributed by atoms with Crippen LogP contribution in [0.5, 0.6) is 0 Å². The van der Waals surface area contributed by atoms with Crippen molar-refractivity contribution in [3.05, 3.63) is 63.8 Å². The van der Waals surface area contributed by atoms with E-state index in [2.05, 4.69) is 15.4 Å². The summed E-state index contributed by atoms with van der Waals surface area (Å²) in [5, 5.41) is 21.7. The van der Waals surface area contributed by atoms with E-state index >= 15 is 0 Å². The lowest BCUT2D eigenvalue weighted by atomic mass is 10.0. The van der Waals surface area contributed by atoms with Gasteiger partial charge in [-0.05, 0) is 37.6 Å². The summed E-state index contributed by atoms with van der Waals surface area (Å²) in [5.74, 6) is 0.0988. The number of halogens is 1. The second-order valence-corrected chi connectivity index (χ2v) is 5.69. The number of aliphatic hydroxyl groups excluding tert-OH is 1. The third-order valence-corrected chi connectivity index (χ3v) is 3.75. The van der Waals surface area contributed by atoms with Gasteiger partial charge >= 0.3 is 0 Å². The predicted octanol–water partition coefficient (Wildman–Crippen LogP) is 3.11. The van der Waals surface area contributed by atoms with Gasteiger partial charge < -0.3 is 5.11 Å². The van der Waals surface area contributed by atoms with Gasteiger partial charge in [-0.25, -0.2) is 20.4 Å². The first-order valence-corrected chi connectivity index (χ1v) is 7.34. The molecule has 0 amide bonds. The van der Waals surface area contributed by atoms with E-state index in [1.807, 2.05) is 26.0 Å². The van der Waals surface area contributed by atoms with Gasteiger partial charge in [0.15, 0.2) is 0 Å². The summed E-state index contributed by atoms with van der Waals surface area (Å²) < 4.78 is 0. The van der Waals surface area contributed by atoms with Crippen LogP contribution in [-0.4, -0.2) is 15.1 Å². The fourth-order valence-electron chi connectivity index (χ4n) is 2.48. The standard InChI is InChI=1S/C16H14ClN5O/c1-9-7-10(2)20-16(19-9)22-15(23)13(8-18)14(21-22)11-3-5-12(17)6-4-11/h3-7,14,21,23H,1-2H3. The average Bonchev–Trinajstić information content (AvgIpc) is 2.84. The summed E-state index contributed by atoms with van der Waals surface area (Å²) in [6, 6.07) is 10.5. The first kappa shape index (κ1) is 15.3. The molecule has 1 aliphatic rings. The van der Waals surface area contributed by atoms with Crippen LogP contribution in [0.15, 0.2) is 41.8 Å². The van der Waals surface area contributed by atoms with E-state index in [1.54, 1.807) is 24.3 Å². The Hall–Kier alpha value is -2.62. The van der Waals surface area contributed by atoms with Crippen LogP contribution in [0.3, 0.4) is 0 Å². The maximum absolute atomic E-state index is 10.4. The minimum atomic E-state index is -0.485. The fraction of sp³-hybridized carbons (Fsp3) is 0.188. The normalized spacial score (nSPS) is 17.5. The van der Waals surface area contributed by atoms with E-state index in [4.69, 9.17) is 11.6 Å². The Morgan fingerprint density at radius 2 is 1.83 bits per heavy atom. The van der Waals surface area contributed by atoms with E-state index in [9.17, 15) is 10.4 Å². The molecule has 23 heavy (non-hydrogen) atoms. The molecule has 0 bridgehead atoms. The summed E-state index contributed by atoms with van der Waals surface area (Å²) in [7, 11) is 0. The first-order chi connectivity index (χ1) is 11.0. The van der Waals surface area contributed by atoms with Gasteiger partial charge in [0, 0.05) is 16.4 Å². The van der Waals surface area contributed by atoms with Crippen molar-refractivity contribution in [2.45, 2.75) is 19.9 Å². The zero-order valence-corrected chi connectivity index (χ0v) is 13.3. The highest BCUT2D eigenvalue weighted by Gasteiger charge is 2.35. The molecule has 116 valence electrons. The summed E-state index contributed by atoms with van der Waals surface area (Å²) in [6.45, 7) is 3.69. The molecule has 0 saturated carbocycles. The van der Waals surface area contributed by atoms with E-state index in [0.29, 0.717) is 11.0 Å². The monoisotopic (exact) mass is 327 g/mol. The molecule has 1 atom stereocenters. The molecule has 6 nitrogen and oxygen atoms in total. The van der Waals surface area contributed by atoms with Crippen LogP contribution in [0.4, 0.5) is 5.95 Å². The summed E-state index contributed by atoms with van der Waals surface area (Å²) >= 11 is 5.90. The van der Waals surface area contributed by atoms with Gasteiger partial charge in [0.2, 0.25) is 11.8 Å². The molecule has 0 aliphatic carbocycles. The number of rotatable bonds is 2. The Morgan fingerprint density at radius 3 is 2.39 bits per heavy atom. The Labute approximate surface area is 138 Å². The summed E-state index contributed by atoms with van der Waals surface area (Å²) in [5.41, 5.74) is 5.63. The Bertz CT molecular complexity index is 805. The molecular formula is C16H14ClN5O. The van der Waals surface area contributed by atoms with Crippen molar-refractivity contribution in [2.75, 3.05) is 5.01 Å². The van der Waals surface area contributed by atoms with Crippen molar-refractivity contribution in [2.24, 2.45) is 0 Å². The van der Waals surface area contributed by atoms with Crippen molar-refractivity contribution in [3.8, 4) is 6.07 Å². The van der Waals surface area contributed by atoms with Gasteiger partial charge in [0.1, 0.15) is 11.6 Å². The second-order valence-electron chi connectivity index (χ2n) is 5.25. The van der Waals surface area contributed by atoms with E-state index in [-0.39, 0.29) is 11.5 Å². The van der Waals surface area contributed by atoms with Gasteiger partial charge in [0.25, 0.3) is 0 Å². The van der Waals surface area contributed by atoms with E-state index in [1.165, 1.54) is 5.01 Å². The molecule has 3 rings (SSSR count). The van der Waals surface area contributed by atoms with Gasteiger partial charge in [-0.15, -0.1) is 0 Å². The average molecular weight is 328 g/mol. The van der Waals surface area contributed by atoms with Gasteiger partial charge in [-0.3, -0.25) is 0 Å². The smallest absolute Gasteiger partial charge is 0.247 e. The number of hydrazine groups is 1. The lowest BCUT2D eigenvalue weighted by Gasteiger charge is -2.19. The zero-order chi connectivity index (χ0) is 16.6. The highest BCUT2D eigenvalue weighted by Crippen LogP contribution is 2.32. The maximum Gasteiger partial charge on any atom is 0.247 e. The second kappa shape index (κ2) is 5.88. The number of nitriles is 1. The highest BCUT2D eigenvalue weighted by atomic mass is 35.5. The summed E-state index contributed by atoms with van der Waals surface area (Å²) in [6.07, 6.45) is 0. The molecule has 0 fully saturated rings. The molecule has 1 aromatic heterocycles. The molecule has 0 saturated heterocycles. The Balaban J connectivity index is 2.01. The number of nitrogens with zero attached hydrogens (tertiary/aromatic N) is 4. The van der Waals surface area contributed by atoms with Crippen LogP contribution in [0.2, 0.25) is 5.02 Å². The number of benzene rings is 1. The zero-order valence-electron chi connectivity index (χ0n) is 12.6. The molecule has 2 aromatic rings. The van der Waals surface area contributed by atoms with Gasteiger partial charge in [-0.1, -0.05) is 23.7 Å². The molecule has 1 aromatic carbocycles. The van der Waals surface area contributed by atoms with Gasteiger partial charge in [0.05, 0.1) is 6.04 Å². The third-order valence-electron chi connectivity index (χ3n) is 3.49. The highest BCUT2D eigenvalue weighted by molar-refractivity contribution is 6.30. The minimum Gasteiger partial charge on any atom is -0.493 e.